The molecule has 65 heavy (non-hydrogen) atoms. The Hall–Kier alpha value is -8.06. The number of allylic oxidation sites excluding steroid dienone is 1. The van der Waals surface area contributed by atoms with Crippen molar-refractivity contribution in [3.05, 3.63) is 205 Å². The Bertz CT molecular complexity index is 4190. The van der Waals surface area contributed by atoms with Crippen LogP contribution in [0.2, 0.25) is 0 Å². The Morgan fingerprint density at radius 3 is 1.89 bits per heavy atom. The first-order valence-electron chi connectivity index (χ1n) is 22.3. The molecular formula is C59H38N4OS. The van der Waals surface area contributed by atoms with Crippen molar-refractivity contribution in [3.8, 4) is 5.69 Å². The molecule has 0 spiro atoms. The summed E-state index contributed by atoms with van der Waals surface area (Å²) in [5.74, 6) is 1.57. The Morgan fingerprint density at radius 1 is 0.508 bits per heavy atom. The number of aliphatic imine (C=N–C) groups is 2. The second kappa shape index (κ2) is 14.0. The third kappa shape index (κ3) is 5.38. The molecule has 9 aromatic carbocycles. The lowest BCUT2D eigenvalue weighted by Crippen LogP contribution is -2.18. The van der Waals surface area contributed by atoms with Crippen LogP contribution in [0.3, 0.4) is 0 Å². The highest BCUT2D eigenvalue weighted by Crippen LogP contribution is 2.43. The van der Waals surface area contributed by atoms with E-state index < -0.39 is 0 Å². The number of para-hydroxylation sites is 4. The number of rotatable bonds is 4. The molecule has 0 fully saturated rings. The lowest BCUT2D eigenvalue weighted by atomic mass is 9.93. The average Bonchev–Trinajstić information content (AvgIpc) is 4.11. The van der Waals surface area contributed by atoms with Crippen molar-refractivity contribution < 1.29 is 4.42 Å². The number of hydrogen-bond donors (Lipinski definition) is 0. The average molecular weight is 851 g/mol. The summed E-state index contributed by atoms with van der Waals surface area (Å²) in [6.45, 7) is 2.31. The van der Waals surface area contributed by atoms with Crippen molar-refractivity contribution in [1.82, 2.24) is 9.13 Å². The molecule has 0 saturated heterocycles. The van der Waals surface area contributed by atoms with Crippen molar-refractivity contribution in [3.63, 3.8) is 0 Å². The Balaban J connectivity index is 1.08. The fraction of sp³-hybridized carbons (Fsp3) is 0.0508. The Kier molecular flexibility index (Phi) is 7.83. The topological polar surface area (TPSA) is 47.7 Å². The van der Waals surface area contributed by atoms with Gasteiger partial charge in [0, 0.05) is 69.5 Å². The molecule has 0 amide bonds. The zero-order chi connectivity index (χ0) is 42.8. The molecule has 5 nitrogen and oxygen atoms in total. The number of hydrogen-bond acceptors (Lipinski definition) is 4. The lowest BCUT2D eigenvalue weighted by molar-refractivity contribution is 0.666. The molecule has 14 rings (SSSR count). The Morgan fingerprint density at radius 2 is 1.12 bits per heavy atom. The first-order valence-corrected chi connectivity index (χ1v) is 23.1. The molecule has 0 aliphatic carbocycles. The summed E-state index contributed by atoms with van der Waals surface area (Å²) >= 11 is 1.84. The van der Waals surface area contributed by atoms with Crippen LogP contribution in [0.5, 0.6) is 0 Å². The summed E-state index contributed by atoms with van der Waals surface area (Å²) in [6, 6.07) is 67.5. The van der Waals surface area contributed by atoms with Crippen LogP contribution in [-0.2, 0) is 0 Å². The van der Waals surface area contributed by atoms with E-state index >= 15 is 0 Å². The molecule has 6 heteroatoms. The standard InChI is InChI=1S/C59H38N4OS/c1-35-29-32-54(63-48-25-10-4-17-38(48)39-18-5-11-26-49(39)63)60-59(61-56(35)45-23-14-22-42-41-20-8-13-28-53(41)65-58(42)45)44-30-31-50(57-55(44)43-21-7-12-27-52(43)64-57)62-47-24-9-6-19-40(47)46-33-36-15-2-3-16-37(36)34-51(46)62/h2-28,30-35H,29H2,1H3/b54-32-,60-59-,61-56+. The molecule has 5 heterocycles. The number of amidine groups is 1. The predicted octanol–water partition coefficient (Wildman–Crippen LogP) is 16.1. The normalized spacial score (nSPS) is 17.3. The van der Waals surface area contributed by atoms with E-state index in [1.807, 2.05) is 11.3 Å². The highest BCUT2D eigenvalue weighted by molar-refractivity contribution is 7.26. The van der Waals surface area contributed by atoms with E-state index in [9.17, 15) is 0 Å². The second-order valence-corrected chi connectivity index (χ2v) is 18.3. The van der Waals surface area contributed by atoms with Gasteiger partial charge in [0.1, 0.15) is 11.4 Å². The summed E-state index contributed by atoms with van der Waals surface area (Å²) in [4.78, 5) is 11.6. The van der Waals surface area contributed by atoms with Gasteiger partial charge in [-0.05, 0) is 77.9 Å². The minimum absolute atomic E-state index is 0.0719. The van der Waals surface area contributed by atoms with Crippen LogP contribution in [0.1, 0.15) is 24.5 Å². The lowest BCUT2D eigenvalue weighted by Gasteiger charge is -2.20. The van der Waals surface area contributed by atoms with E-state index in [0.29, 0.717) is 5.84 Å². The summed E-state index contributed by atoms with van der Waals surface area (Å²) < 4.78 is 14.3. The fourth-order valence-corrected chi connectivity index (χ4v) is 11.8. The molecule has 0 N–H and O–H groups in total. The number of thiophene rings is 1. The van der Waals surface area contributed by atoms with Gasteiger partial charge < -0.3 is 8.98 Å². The predicted molar refractivity (Wildman–Crippen MR) is 275 cm³/mol. The van der Waals surface area contributed by atoms with E-state index in [0.717, 1.165) is 78.8 Å². The van der Waals surface area contributed by atoms with Crippen LogP contribution in [0.4, 0.5) is 0 Å². The Labute approximate surface area is 377 Å². The zero-order valence-corrected chi connectivity index (χ0v) is 36.2. The zero-order valence-electron chi connectivity index (χ0n) is 35.4. The van der Waals surface area contributed by atoms with Crippen molar-refractivity contribution in [2.24, 2.45) is 15.9 Å². The first-order chi connectivity index (χ1) is 32.2. The van der Waals surface area contributed by atoms with E-state index in [2.05, 4.69) is 210 Å². The van der Waals surface area contributed by atoms with E-state index in [1.165, 1.54) is 52.5 Å². The van der Waals surface area contributed by atoms with Gasteiger partial charge in [-0.1, -0.05) is 140 Å². The molecule has 0 radical (unpaired) electrons. The van der Waals surface area contributed by atoms with Gasteiger partial charge in [-0.2, -0.15) is 0 Å². The maximum absolute atomic E-state index is 7.08. The molecule has 1 aliphatic heterocycles. The molecular weight excluding hydrogens is 813 g/mol. The second-order valence-electron chi connectivity index (χ2n) is 17.3. The molecule has 0 bridgehead atoms. The number of benzene rings is 9. The minimum atomic E-state index is 0.0719. The summed E-state index contributed by atoms with van der Waals surface area (Å²) in [5, 5.41) is 11.8. The van der Waals surface area contributed by atoms with Crippen LogP contribution >= 0.6 is 11.3 Å². The molecule has 13 aromatic rings. The van der Waals surface area contributed by atoms with Crippen LogP contribution in [-0.4, -0.2) is 20.7 Å². The number of nitrogens with zero attached hydrogens (tertiary/aromatic N) is 4. The van der Waals surface area contributed by atoms with Gasteiger partial charge in [-0.25, -0.2) is 9.98 Å². The molecule has 1 atom stereocenters. The quantitative estimate of drug-likeness (QED) is 0.174. The van der Waals surface area contributed by atoms with Crippen LogP contribution < -0.4 is 0 Å². The van der Waals surface area contributed by atoms with Crippen molar-refractivity contribution in [1.29, 1.82) is 0 Å². The van der Waals surface area contributed by atoms with Crippen molar-refractivity contribution in [2.45, 2.75) is 13.3 Å². The summed E-state index contributed by atoms with van der Waals surface area (Å²) in [5.41, 5.74) is 10.2. The maximum atomic E-state index is 7.08. The molecule has 1 unspecified atom stereocenters. The van der Waals surface area contributed by atoms with E-state index in [4.69, 9.17) is 14.4 Å². The van der Waals surface area contributed by atoms with Gasteiger partial charge in [0.2, 0.25) is 0 Å². The fourth-order valence-electron chi connectivity index (χ4n) is 10.6. The van der Waals surface area contributed by atoms with Crippen molar-refractivity contribution in [2.75, 3.05) is 0 Å². The number of furan rings is 1. The van der Waals surface area contributed by atoms with Gasteiger partial charge in [0.05, 0.1) is 33.5 Å². The largest absolute Gasteiger partial charge is 0.454 e. The monoisotopic (exact) mass is 850 g/mol. The summed E-state index contributed by atoms with van der Waals surface area (Å²) in [6.07, 6.45) is 3.09. The van der Waals surface area contributed by atoms with Gasteiger partial charge in [-0.15, -0.1) is 11.3 Å². The van der Waals surface area contributed by atoms with E-state index in [-0.39, 0.29) is 5.92 Å². The minimum Gasteiger partial charge on any atom is -0.454 e. The maximum Gasteiger partial charge on any atom is 0.162 e. The molecule has 306 valence electrons. The highest BCUT2D eigenvalue weighted by atomic mass is 32.1. The smallest absolute Gasteiger partial charge is 0.162 e. The van der Waals surface area contributed by atoms with Gasteiger partial charge in [0.25, 0.3) is 0 Å². The van der Waals surface area contributed by atoms with Crippen LogP contribution in [0.15, 0.2) is 209 Å². The van der Waals surface area contributed by atoms with Gasteiger partial charge in [0.15, 0.2) is 11.4 Å². The van der Waals surface area contributed by atoms with Crippen molar-refractivity contribution >= 4 is 125 Å². The third-order valence-corrected chi connectivity index (χ3v) is 14.8. The first kappa shape index (κ1) is 36.4. The van der Waals surface area contributed by atoms with Crippen LogP contribution in [0.25, 0.3) is 108 Å². The molecule has 4 aromatic heterocycles. The molecule has 1 aliphatic rings. The van der Waals surface area contributed by atoms with Crippen LogP contribution in [0, 0.1) is 5.92 Å². The number of aromatic nitrogens is 2. The third-order valence-electron chi connectivity index (χ3n) is 13.6. The number of fused-ring (bicyclic) bond motifs is 13. The highest BCUT2D eigenvalue weighted by Gasteiger charge is 2.26. The summed E-state index contributed by atoms with van der Waals surface area (Å²) in [7, 11) is 0. The van der Waals surface area contributed by atoms with Gasteiger partial charge >= 0.3 is 0 Å². The SMILES string of the molecule is CC1C/C=C(n2c3ccccc3c3ccccc32)/N=C(c2ccc(-n3c4ccccc4c4cc5ccccc5cc43)c3oc4ccccc4c23)\N=C/1c1cccc2c1sc1ccccc12. The van der Waals surface area contributed by atoms with Gasteiger partial charge in [-0.3, -0.25) is 4.57 Å². The molecule has 0 saturated carbocycles. The van der Waals surface area contributed by atoms with E-state index in [1.54, 1.807) is 0 Å².